The molecule has 2 aromatic rings. The number of halogens is 1. The highest BCUT2D eigenvalue weighted by molar-refractivity contribution is 7.98. The molecule has 7 heteroatoms. The summed E-state index contributed by atoms with van der Waals surface area (Å²) in [6.07, 6.45) is 1.95. The molecule has 0 bridgehead atoms. The lowest BCUT2D eigenvalue weighted by atomic mass is 9.99. The molecule has 2 aromatic carbocycles. The maximum Gasteiger partial charge on any atom is 0.260 e. The van der Waals surface area contributed by atoms with Gasteiger partial charge in [0, 0.05) is 18.0 Å². The Morgan fingerprint density at radius 1 is 1.19 bits per heavy atom. The first-order valence-electron chi connectivity index (χ1n) is 8.17. The van der Waals surface area contributed by atoms with Gasteiger partial charge in [0.05, 0.1) is 11.6 Å². The van der Waals surface area contributed by atoms with Crippen molar-refractivity contribution in [3.63, 3.8) is 0 Å². The summed E-state index contributed by atoms with van der Waals surface area (Å²) in [6, 6.07) is 13.5. The van der Waals surface area contributed by atoms with Crippen LogP contribution in [0.1, 0.15) is 0 Å². The second-order valence-corrected chi connectivity index (χ2v) is 6.75. The molecule has 2 amide bonds. The second-order valence-electron chi connectivity index (χ2n) is 5.90. The van der Waals surface area contributed by atoms with Crippen molar-refractivity contribution in [2.75, 3.05) is 31.3 Å². The Morgan fingerprint density at radius 2 is 1.88 bits per heavy atom. The number of benzene rings is 2. The van der Waals surface area contributed by atoms with Crippen LogP contribution in [-0.2, 0) is 9.59 Å². The van der Waals surface area contributed by atoms with Gasteiger partial charge in [-0.05, 0) is 30.5 Å². The van der Waals surface area contributed by atoms with Gasteiger partial charge in [-0.15, -0.1) is 11.8 Å². The SMILES string of the molecule is CSc1ccccc1NC(=O)C1CN(C(=O)COc2ccccc2F)C1. The van der Waals surface area contributed by atoms with Crippen molar-refractivity contribution in [2.24, 2.45) is 5.92 Å². The summed E-state index contributed by atoms with van der Waals surface area (Å²) in [7, 11) is 0. The van der Waals surface area contributed by atoms with Crippen LogP contribution in [0.4, 0.5) is 10.1 Å². The number of thioether (sulfide) groups is 1. The Kier molecular flexibility index (Phi) is 5.78. The Labute approximate surface area is 155 Å². The molecule has 0 atom stereocenters. The predicted molar refractivity (Wildman–Crippen MR) is 98.8 cm³/mol. The third-order valence-electron chi connectivity index (χ3n) is 4.16. The van der Waals surface area contributed by atoms with Crippen molar-refractivity contribution in [2.45, 2.75) is 4.90 Å². The van der Waals surface area contributed by atoms with Gasteiger partial charge >= 0.3 is 0 Å². The van der Waals surface area contributed by atoms with Crippen molar-refractivity contribution in [3.8, 4) is 5.75 Å². The van der Waals surface area contributed by atoms with Gasteiger partial charge in [-0.25, -0.2) is 4.39 Å². The highest BCUT2D eigenvalue weighted by Crippen LogP contribution is 2.26. The summed E-state index contributed by atoms with van der Waals surface area (Å²) in [5, 5.41) is 2.91. The standard InChI is InChI=1S/C19H19FN2O3S/c1-26-17-9-5-3-7-15(17)21-19(24)13-10-22(11-13)18(23)12-25-16-8-4-2-6-14(16)20/h2-9,13H,10-12H2,1H3,(H,21,24). The molecule has 1 aliphatic heterocycles. The van der Waals surface area contributed by atoms with Crippen LogP contribution in [0.5, 0.6) is 5.75 Å². The first kappa shape index (κ1) is 18.3. The molecule has 0 aliphatic carbocycles. The van der Waals surface area contributed by atoms with E-state index < -0.39 is 5.82 Å². The highest BCUT2D eigenvalue weighted by Gasteiger charge is 2.36. The minimum Gasteiger partial charge on any atom is -0.481 e. The number of rotatable bonds is 6. The number of carbonyl (C=O) groups is 2. The summed E-state index contributed by atoms with van der Waals surface area (Å²) in [4.78, 5) is 26.9. The van der Waals surface area contributed by atoms with Gasteiger partial charge in [0.2, 0.25) is 5.91 Å². The highest BCUT2D eigenvalue weighted by atomic mass is 32.2. The van der Waals surface area contributed by atoms with Crippen LogP contribution in [0.15, 0.2) is 53.4 Å². The summed E-state index contributed by atoms with van der Waals surface area (Å²) >= 11 is 1.56. The predicted octanol–water partition coefficient (Wildman–Crippen LogP) is 3.02. The van der Waals surface area contributed by atoms with Gasteiger partial charge in [0.1, 0.15) is 0 Å². The van der Waals surface area contributed by atoms with Crippen molar-refractivity contribution in [3.05, 3.63) is 54.3 Å². The molecule has 0 unspecified atom stereocenters. The number of nitrogens with zero attached hydrogens (tertiary/aromatic N) is 1. The lowest BCUT2D eigenvalue weighted by Crippen LogP contribution is -2.55. The smallest absolute Gasteiger partial charge is 0.260 e. The normalized spacial score (nSPS) is 13.8. The molecular formula is C19H19FN2O3S. The molecule has 26 heavy (non-hydrogen) atoms. The van der Waals surface area contributed by atoms with E-state index in [4.69, 9.17) is 4.74 Å². The Balaban J connectivity index is 1.46. The van der Waals surface area contributed by atoms with Crippen LogP contribution in [-0.4, -0.2) is 42.7 Å². The number of hydrogen-bond donors (Lipinski definition) is 1. The average molecular weight is 374 g/mol. The van der Waals surface area contributed by atoms with Gasteiger partial charge in [0.25, 0.3) is 5.91 Å². The lowest BCUT2D eigenvalue weighted by molar-refractivity contribution is -0.143. The number of ether oxygens (including phenoxy) is 1. The molecule has 0 radical (unpaired) electrons. The fourth-order valence-electron chi connectivity index (χ4n) is 2.62. The number of carbonyl (C=O) groups excluding carboxylic acids is 2. The van der Waals surface area contributed by atoms with Crippen LogP contribution >= 0.6 is 11.8 Å². The maximum absolute atomic E-state index is 13.5. The summed E-state index contributed by atoms with van der Waals surface area (Å²) < 4.78 is 18.7. The van der Waals surface area contributed by atoms with Gasteiger partial charge in [-0.2, -0.15) is 0 Å². The number of para-hydroxylation sites is 2. The zero-order valence-electron chi connectivity index (χ0n) is 14.3. The van der Waals surface area contributed by atoms with Crippen LogP contribution in [0.25, 0.3) is 0 Å². The van der Waals surface area contributed by atoms with Gasteiger partial charge in [-0.1, -0.05) is 24.3 Å². The zero-order chi connectivity index (χ0) is 18.5. The van der Waals surface area contributed by atoms with E-state index in [1.54, 1.807) is 23.9 Å². The first-order valence-corrected chi connectivity index (χ1v) is 9.40. The van der Waals surface area contributed by atoms with E-state index in [2.05, 4.69) is 5.32 Å². The van der Waals surface area contributed by atoms with Crippen LogP contribution in [0.3, 0.4) is 0 Å². The lowest BCUT2D eigenvalue weighted by Gasteiger charge is -2.38. The van der Waals surface area contributed by atoms with Crippen molar-refractivity contribution >= 4 is 29.3 Å². The van der Waals surface area contributed by atoms with Crippen molar-refractivity contribution in [1.82, 2.24) is 4.90 Å². The second kappa shape index (κ2) is 8.23. The number of nitrogens with one attached hydrogen (secondary N) is 1. The molecule has 0 aromatic heterocycles. The van der Waals surface area contributed by atoms with Crippen molar-refractivity contribution < 1.29 is 18.7 Å². The average Bonchev–Trinajstić information content (AvgIpc) is 2.60. The molecule has 136 valence electrons. The monoisotopic (exact) mass is 374 g/mol. The van der Waals surface area contributed by atoms with E-state index in [-0.39, 0.29) is 30.1 Å². The van der Waals surface area contributed by atoms with Crippen LogP contribution in [0, 0.1) is 11.7 Å². The zero-order valence-corrected chi connectivity index (χ0v) is 15.1. The van der Waals surface area contributed by atoms with Crippen LogP contribution in [0.2, 0.25) is 0 Å². The van der Waals surface area contributed by atoms with Gasteiger partial charge < -0.3 is 15.0 Å². The molecule has 1 N–H and O–H groups in total. The Morgan fingerprint density at radius 3 is 2.62 bits per heavy atom. The van der Waals surface area contributed by atoms with Gasteiger partial charge in [0.15, 0.2) is 18.2 Å². The van der Waals surface area contributed by atoms with Crippen LogP contribution < -0.4 is 10.1 Å². The molecule has 1 heterocycles. The number of anilines is 1. The van der Waals surface area contributed by atoms with E-state index in [0.717, 1.165) is 10.6 Å². The summed E-state index contributed by atoms with van der Waals surface area (Å²) in [5.41, 5.74) is 0.776. The van der Waals surface area contributed by atoms with E-state index >= 15 is 0 Å². The van der Waals surface area contributed by atoms with Gasteiger partial charge in [-0.3, -0.25) is 9.59 Å². The largest absolute Gasteiger partial charge is 0.481 e. The maximum atomic E-state index is 13.5. The molecule has 3 rings (SSSR count). The molecule has 0 saturated carbocycles. The van der Waals surface area contributed by atoms with Crippen molar-refractivity contribution in [1.29, 1.82) is 0 Å². The number of likely N-dealkylation sites (tertiary alicyclic amines) is 1. The molecule has 1 fully saturated rings. The molecule has 5 nitrogen and oxygen atoms in total. The number of hydrogen-bond acceptors (Lipinski definition) is 4. The first-order chi connectivity index (χ1) is 12.6. The molecule has 1 aliphatic rings. The topological polar surface area (TPSA) is 58.6 Å². The molecular weight excluding hydrogens is 355 g/mol. The minimum absolute atomic E-state index is 0.0457. The molecule has 0 spiro atoms. The Bertz CT molecular complexity index is 809. The fraction of sp³-hybridized carbons (Fsp3) is 0.263. The summed E-state index contributed by atoms with van der Waals surface area (Å²) in [6.45, 7) is 0.435. The summed E-state index contributed by atoms with van der Waals surface area (Å²) in [5.74, 6) is -1.08. The van der Waals surface area contributed by atoms with E-state index in [9.17, 15) is 14.0 Å². The Hall–Kier alpha value is -2.54. The third-order valence-corrected chi connectivity index (χ3v) is 4.95. The third kappa shape index (κ3) is 4.16. The fourth-order valence-corrected chi connectivity index (χ4v) is 3.18. The minimum atomic E-state index is -0.506. The quantitative estimate of drug-likeness (QED) is 0.790. The molecule has 1 saturated heterocycles. The van der Waals surface area contributed by atoms with E-state index in [1.165, 1.54) is 17.0 Å². The van der Waals surface area contributed by atoms with E-state index in [0.29, 0.717) is 13.1 Å². The number of amides is 2. The van der Waals surface area contributed by atoms with E-state index in [1.807, 2.05) is 30.5 Å².